The Balaban J connectivity index is 1.85. The van der Waals surface area contributed by atoms with Crippen LogP contribution in [0.2, 0.25) is 0 Å². The van der Waals surface area contributed by atoms with Gasteiger partial charge in [0.15, 0.2) is 0 Å². The lowest BCUT2D eigenvalue weighted by molar-refractivity contribution is 0.251. The monoisotopic (exact) mass is 282 g/mol. The van der Waals surface area contributed by atoms with Crippen molar-refractivity contribution >= 4 is 11.7 Å². The van der Waals surface area contributed by atoms with Gasteiger partial charge in [0, 0.05) is 12.2 Å². The fourth-order valence-electron chi connectivity index (χ4n) is 2.01. The summed E-state index contributed by atoms with van der Waals surface area (Å²) in [5, 5.41) is 5.69. The van der Waals surface area contributed by atoms with E-state index in [1.807, 2.05) is 55.5 Å². The van der Waals surface area contributed by atoms with Crippen molar-refractivity contribution in [1.29, 1.82) is 0 Å². The number of carbonyl (C=O) groups excluding carboxylic acids is 1. The topological polar surface area (TPSA) is 41.1 Å². The molecule has 0 bridgehead atoms. The van der Waals surface area contributed by atoms with Gasteiger partial charge in [-0.15, -0.1) is 0 Å². The van der Waals surface area contributed by atoms with Gasteiger partial charge in [-0.2, -0.15) is 0 Å². The van der Waals surface area contributed by atoms with Crippen LogP contribution in [0.25, 0.3) is 0 Å². The van der Waals surface area contributed by atoms with E-state index in [-0.39, 0.29) is 6.03 Å². The smallest absolute Gasteiger partial charge is 0.319 e. The Hall–Kier alpha value is -2.29. The lowest BCUT2D eigenvalue weighted by atomic mass is 10.0. The summed E-state index contributed by atoms with van der Waals surface area (Å²) in [6.45, 7) is 6.87. The summed E-state index contributed by atoms with van der Waals surface area (Å²) in [6, 6.07) is 15.9. The van der Waals surface area contributed by atoms with E-state index in [0.29, 0.717) is 12.5 Å². The summed E-state index contributed by atoms with van der Waals surface area (Å²) in [6.07, 6.45) is 0. The molecular weight excluding hydrogens is 260 g/mol. The van der Waals surface area contributed by atoms with Crippen molar-refractivity contribution in [1.82, 2.24) is 5.32 Å². The average Bonchev–Trinajstić information content (AvgIpc) is 2.47. The molecule has 0 radical (unpaired) electrons. The summed E-state index contributed by atoms with van der Waals surface area (Å²) in [5.41, 5.74) is 4.38. The van der Waals surface area contributed by atoms with Crippen LogP contribution in [0.15, 0.2) is 48.5 Å². The van der Waals surface area contributed by atoms with Crippen molar-refractivity contribution in [2.24, 2.45) is 0 Å². The van der Waals surface area contributed by atoms with Gasteiger partial charge in [-0.1, -0.05) is 55.8 Å². The molecule has 0 fully saturated rings. The Labute approximate surface area is 126 Å². The molecule has 0 heterocycles. The number of aryl methyl sites for hydroxylation is 1. The minimum atomic E-state index is -0.187. The molecule has 2 aromatic rings. The molecule has 3 heteroatoms. The third-order valence-electron chi connectivity index (χ3n) is 3.41. The number of anilines is 1. The second kappa shape index (κ2) is 6.93. The molecule has 0 saturated carbocycles. The first kappa shape index (κ1) is 15.1. The maximum Gasteiger partial charge on any atom is 0.319 e. The number of hydrogen-bond donors (Lipinski definition) is 2. The van der Waals surface area contributed by atoms with Gasteiger partial charge in [-0.25, -0.2) is 4.79 Å². The van der Waals surface area contributed by atoms with E-state index in [0.717, 1.165) is 11.3 Å². The molecule has 2 amide bonds. The fraction of sp³-hybridized carbons (Fsp3) is 0.278. The van der Waals surface area contributed by atoms with Crippen molar-refractivity contribution in [3.05, 3.63) is 65.2 Å². The van der Waals surface area contributed by atoms with Crippen LogP contribution in [0, 0.1) is 6.92 Å². The van der Waals surface area contributed by atoms with Gasteiger partial charge in [0.05, 0.1) is 0 Å². The van der Waals surface area contributed by atoms with Crippen molar-refractivity contribution < 1.29 is 4.79 Å². The number of amides is 2. The summed E-state index contributed by atoms with van der Waals surface area (Å²) >= 11 is 0. The second-order valence-electron chi connectivity index (χ2n) is 5.57. The first-order valence-electron chi connectivity index (χ1n) is 7.25. The highest BCUT2D eigenvalue weighted by molar-refractivity contribution is 5.89. The molecule has 110 valence electrons. The molecule has 3 nitrogen and oxygen atoms in total. The highest BCUT2D eigenvalue weighted by Gasteiger charge is 2.03. The molecule has 0 spiro atoms. The highest BCUT2D eigenvalue weighted by Crippen LogP contribution is 2.17. The zero-order chi connectivity index (χ0) is 15.2. The summed E-state index contributed by atoms with van der Waals surface area (Å²) in [4.78, 5) is 11.8. The quantitative estimate of drug-likeness (QED) is 0.855. The van der Waals surface area contributed by atoms with Crippen LogP contribution in [0.5, 0.6) is 0 Å². The van der Waals surface area contributed by atoms with Crippen molar-refractivity contribution in [2.45, 2.75) is 33.2 Å². The minimum absolute atomic E-state index is 0.187. The average molecular weight is 282 g/mol. The third-order valence-corrected chi connectivity index (χ3v) is 3.41. The van der Waals surface area contributed by atoms with E-state index in [1.54, 1.807) is 0 Å². The van der Waals surface area contributed by atoms with E-state index in [9.17, 15) is 4.79 Å². The van der Waals surface area contributed by atoms with Crippen LogP contribution in [0.3, 0.4) is 0 Å². The van der Waals surface area contributed by atoms with Gasteiger partial charge < -0.3 is 10.6 Å². The first-order valence-corrected chi connectivity index (χ1v) is 7.25. The number of urea groups is 1. The predicted molar refractivity (Wildman–Crippen MR) is 87.6 cm³/mol. The van der Waals surface area contributed by atoms with E-state index in [1.165, 1.54) is 11.1 Å². The van der Waals surface area contributed by atoms with Gasteiger partial charge in [0.1, 0.15) is 0 Å². The highest BCUT2D eigenvalue weighted by atomic mass is 16.2. The molecule has 2 rings (SSSR count). The van der Waals surface area contributed by atoms with Crippen molar-refractivity contribution in [3.63, 3.8) is 0 Å². The first-order chi connectivity index (χ1) is 10.0. The number of benzene rings is 2. The van der Waals surface area contributed by atoms with Crippen LogP contribution >= 0.6 is 0 Å². The van der Waals surface area contributed by atoms with Gasteiger partial charge in [-0.3, -0.25) is 0 Å². The zero-order valence-electron chi connectivity index (χ0n) is 12.8. The lowest BCUT2D eigenvalue weighted by Crippen LogP contribution is -2.28. The molecule has 0 aliphatic rings. The maximum atomic E-state index is 11.8. The summed E-state index contributed by atoms with van der Waals surface area (Å²) < 4.78 is 0. The third kappa shape index (κ3) is 4.63. The number of carbonyl (C=O) groups is 1. The minimum Gasteiger partial charge on any atom is -0.334 e. The molecular formula is C18H22N2O. The van der Waals surface area contributed by atoms with E-state index in [4.69, 9.17) is 0 Å². The normalized spacial score (nSPS) is 10.5. The second-order valence-corrected chi connectivity index (χ2v) is 5.57. The van der Waals surface area contributed by atoms with Gasteiger partial charge in [-0.05, 0) is 36.1 Å². The predicted octanol–water partition coefficient (Wildman–Crippen LogP) is 4.44. The van der Waals surface area contributed by atoms with Crippen LogP contribution < -0.4 is 10.6 Å². The Morgan fingerprint density at radius 1 is 1.00 bits per heavy atom. The SMILES string of the molecule is Cc1ccc(CNC(=O)Nc2ccc(C(C)C)cc2)cc1. The lowest BCUT2D eigenvalue weighted by Gasteiger charge is -2.10. The van der Waals surface area contributed by atoms with Crippen LogP contribution in [-0.4, -0.2) is 6.03 Å². The summed E-state index contributed by atoms with van der Waals surface area (Å²) in [5.74, 6) is 0.495. The molecule has 0 unspecified atom stereocenters. The Bertz CT molecular complexity index is 586. The number of nitrogens with one attached hydrogen (secondary N) is 2. The fourth-order valence-corrected chi connectivity index (χ4v) is 2.01. The van der Waals surface area contributed by atoms with Crippen LogP contribution in [0.1, 0.15) is 36.5 Å². The Morgan fingerprint density at radius 2 is 1.62 bits per heavy atom. The van der Waals surface area contributed by atoms with Gasteiger partial charge in [0.25, 0.3) is 0 Å². The Morgan fingerprint density at radius 3 is 2.19 bits per heavy atom. The number of hydrogen-bond acceptors (Lipinski definition) is 1. The molecule has 0 aromatic heterocycles. The maximum absolute atomic E-state index is 11.8. The van der Waals surface area contributed by atoms with Crippen molar-refractivity contribution in [3.8, 4) is 0 Å². The van der Waals surface area contributed by atoms with Crippen LogP contribution in [0.4, 0.5) is 10.5 Å². The molecule has 2 N–H and O–H groups in total. The van der Waals surface area contributed by atoms with Gasteiger partial charge in [0.2, 0.25) is 0 Å². The largest absolute Gasteiger partial charge is 0.334 e. The standard InChI is InChI=1S/C18H22N2O/c1-13(2)16-8-10-17(11-9-16)20-18(21)19-12-15-6-4-14(3)5-7-15/h4-11,13H,12H2,1-3H3,(H2,19,20,21). The molecule has 0 aliphatic carbocycles. The zero-order valence-corrected chi connectivity index (χ0v) is 12.8. The van der Waals surface area contributed by atoms with E-state index >= 15 is 0 Å². The van der Waals surface area contributed by atoms with Crippen LogP contribution in [-0.2, 0) is 6.54 Å². The van der Waals surface area contributed by atoms with Gasteiger partial charge >= 0.3 is 6.03 Å². The van der Waals surface area contributed by atoms with Crippen molar-refractivity contribution in [2.75, 3.05) is 5.32 Å². The molecule has 0 saturated heterocycles. The molecule has 0 atom stereocenters. The number of rotatable bonds is 4. The Kier molecular flexibility index (Phi) is 4.99. The molecule has 21 heavy (non-hydrogen) atoms. The van der Waals surface area contributed by atoms with E-state index in [2.05, 4.69) is 24.5 Å². The van der Waals surface area contributed by atoms with E-state index < -0.39 is 0 Å². The summed E-state index contributed by atoms with van der Waals surface area (Å²) in [7, 11) is 0. The molecule has 2 aromatic carbocycles. The molecule has 0 aliphatic heterocycles.